The van der Waals surface area contributed by atoms with Gasteiger partial charge in [-0.3, -0.25) is 0 Å². The van der Waals surface area contributed by atoms with Gasteiger partial charge in [0.25, 0.3) is 0 Å². The van der Waals surface area contributed by atoms with Crippen molar-refractivity contribution in [3.8, 4) is 0 Å². The second-order valence-electron chi connectivity index (χ2n) is 8.58. The zero-order valence-electron chi connectivity index (χ0n) is 18.0. The molecule has 1 aliphatic heterocycles. The molecule has 2 amide bonds. The van der Waals surface area contributed by atoms with Gasteiger partial charge in [-0.05, 0) is 51.5 Å². The van der Waals surface area contributed by atoms with Gasteiger partial charge in [-0.25, -0.2) is 9.59 Å². The van der Waals surface area contributed by atoms with Crippen LogP contribution in [0.5, 0.6) is 0 Å². The number of hydrogen-bond donors (Lipinski definition) is 1. The molecule has 0 spiro atoms. The monoisotopic (exact) mass is 406 g/mol. The van der Waals surface area contributed by atoms with Crippen molar-refractivity contribution in [3.63, 3.8) is 0 Å². The number of hydrogen-bond acceptors (Lipinski definition) is 5. The summed E-state index contributed by atoms with van der Waals surface area (Å²) < 4.78 is 16.3. The van der Waals surface area contributed by atoms with Gasteiger partial charge in [0.15, 0.2) is 0 Å². The maximum absolute atomic E-state index is 12.3. The van der Waals surface area contributed by atoms with E-state index in [0.717, 1.165) is 25.0 Å². The second-order valence-corrected chi connectivity index (χ2v) is 8.58. The van der Waals surface area contributed by atoms with Crippen LogP contribution in [0.4, 0.5) is 9.59 Å². The van der Waals surface area contributed by atoms with Crippen LogP contribution in [-0.4, -0.2) is 55.5 Å². The molecular weight excluding hydrogens is 372 g/mol. The molecule has 2 rings (SSSR count). The number of nitrogens with one attached hydrogen (secondary N) is 1. The number of alkyl carbamates (subject to hydrolysis) is 1. The maximum Gasteiger partial charge on any atom is 0.410 e. The summed E-state index contributed by atoms with van der Waals surface area (Å²) in [7, 11) is 1.68. The van der Waals surface area contributed by atoms with E-state index in [9.17, 15) is 9.59 Å². The molecule has 2 unspecified atom stereocenters. The lowest BCUT2D eigenvalue weighted by atomic mass is 9.94. The van der Waals surface area contributed by atoms with Crippen molar-refractivity contribution in [2.75, 3.05) is 26.8 Å². The van der Waals surface area contributed by atoms with Crippen LogP contribution >= 0.6 is 0 Å². The molecule has 0 saturated carbocycles. The average molecular weight is 407 g/mol. The van der Waals surface area contributed by atoms with Crippen molar-refractivity contribution in [1.82, 2.24) is 10.2 Å². The van der Waals surface area contributed by atoms with Crippen LogP contribution < -0.4 is 5.32 Å². The Kier molecular flexibility index (Phi) is 8.76. The highest BCUT2D eigenvalue weighted by Crippen LogP contribution is 2.20. The Labute approximate surface area is 173 Å². The number of nitrogens with zero attached hydrogens (tertiary/aromatic N) is 1. The predicted octanol–water partition coefficient (Wildman–Crippen LogP) is 3.97. The van der Waals surface area contributed by atoms with E-state index in [1.165, 1.54) is 4.90 Å². The molecule has 1 aliphatic rings. The van der Waals surface area contributed by atoms with Crippen LogP contribution in [0.2, 0.25) is 0 Å². The fourth-order valence-electron chi connectivity index (χ4n) is 3.25. The minimum absolute atomic E-state index is 0.202. The molecule has 1 heterocycles. The largest absolute Gasteiger partial charge is 0.445 e. The number of carbonyl (C=O) groups excluding carboxylic acids is 2. The minimum Gasteiger partial charge on any atom is -0.445 e. The van der Waals surface area contributed by atoms with Crippen LogP contribution in [0.25, 0.3) is 0 Å². The molecule has 0 radical (unpaired) electrons. The van der Waals surface area contributed by atoms with Gasteiger partial charge in [0.2, 0.25) is 0 Å². The number of rotatable bonds is 7. The minimum atomic E-state index is -0.569. The Balaban J connectivity index is 1.92. The third-order valence-electron chi connectivity index (χ3n) is 4.61. The number of carbonyl (C=O) groups is 2. The van der Waals surface area contributed by atoms with Gasteiger partial charge in [0.05, 0.1) is 6.04 Å². The van der Waals surface area contributed by atoms with E-state index in [1.54, 1.807) is 7.05 Å². The van der Waals surface area contributed by atoms with Gasteiger partial charge >= 0.3 is 12.2 Å². The summed E-state index contributed by atoms with van der Waals surface area (Å²) in [5, 5.41) is 2.92. The molecule has 1 aromatic carbocycles. The van der Waals surface area contributed by atoms with E-state index < -0.39 is 17.8 Å². The number of ether oxygens (including phenoxy) is 3. The Hall–Kier alpha value is -2.28. The van der Waals surface area contributed by atoms with Crippen molar-refractivity contribution in [1.29, 1.82) is 0 Å². The van der Waals surface area contributed by atoms with Crippen molar-refractivity contribution in [2.24, 2.45) is 5.92 Å². The Morgan fingerprint density at radius 1 is 1.28 bits per heavy atom. The molecule has 1 saturated heterocycles. The zero-order chi connectivity index (χ0) is 21.3. The standard InChI is InChI=1S/C22H34N2O5/c1-22(2,3)29-21(26)24(4)14-19(13-18-11-8-12-27-15-18)23-20(25)28-16-17-9-6-5-7-10-17/h5-7,9-10,18-19H,8,11-16H2,1-4H3,(H,23,25). The van der Waals surface area contributed by atoms with E-state index >= 15 is 0 Å². The van der Waals surface area contributed by atoms with Crippen LogP contribution in [-0.2, 0) is 20.8 Å². The molecule has 0 bridgehead atoms. The van der Waals surface area contributed by atoms with Crippen molar-refractivity contribution < 1.29 is 23.8 Å². The summed E-state index contributed by atoms with van der Waals surface area (Å²) in [6, 6.07) is 9.28. The highest BCUT2D eigenvalue weighted by Gasteiger charge is 2.26. The third-order valence-corrected chi connectivity index (χ3v) is 4.61. The molecule has 1 aromatic rings. The lowest BCUT2D eigenvalue weighted by molar-refractivity contribution is 0.0244. The Morgan fingerprint density at radius 2 is 2.00 bits per heavy atom. The summed E-state index contributed by atoms with van der Waals surface area (Å²) in [6.07, 6.45) is 1.87. The molecule has 162 valence electrons. The second kappa shape index (κ2) is 11.0. The van der Waals surface area contributed by atoms with E-state index in [-0.39, 0.29) is 12.6 Å². The average Bonchev–Trinajstić information content (AvgIpc) is 2.66. The fraction of sp³-hybridized carbons (Fsp3) is 0.636. The van der Waals surface area contributed by atoms with Crippen molar-refractivity contribution in [3.05, 3.63) is 35.9 Å². The molecule has 1 N–H and O–H groups in total. The first-order valence-corrected chi connectivity index (χ1v) is 10.2. The van der Waals surface area contributed by atoms with Gasteiger partial charge < -0.3 is 24.4 Å². The summed E-state index contributed by atoms with van der Waals surface area (Å²) in [5.41, 5.74) is 0.353. The molecule has 0 aromatic heterocycles. The Bertz CT molecular complexity index is 638. The van der Waals surface area contributed by atoms with Crippen molar-refractivity contribution >= 4 is 12.2 Å². The first kappa shape index (κ1) is 23.0. The van der Waals surface area contributed by atoms with Gasteiger partial charge in [-0.1, -0.05) is 30.3 Å². The summed E-state index contributed by atoms with van der Waals surface area (Å²) in [4.78, 5) is 26.2. The summed E-state index contributed by atoms with van der Waals surface area (Å²) >= 11 is 0. The van der Waals surface area contributed by atoms with Crippen LogP contribution in [0.1, 0.15) is 45.6 Å². The van der Waals surface area contributed by atoms with Gasteiger partial charge in [-0.2, -0.15) is 0 Å². The van der Waals surface area contributed by atoms with E-state index in [2.05, 4.69) is 5.32 Å². The smallest absolute Gasteiger partial charge is 0.410 e. The highest BCUT2D eigenvalue weighted by atomic mass is 16.6. The molecule has 29 heavy (non-hydrogen) atoms. The van der Waals surface area contributed by atoms with Gasteiger partial charge in [0.1, 0.15) is 12.2 Å². The van der Waals surface area contributed by atoms with E-state index in [4.69, 9.17) is 14.2 Å². The molecule has 1 fully saturated rings. The van der Waals surface area contributed by atoms with Crippen molar-refractivity contribution in [2.45, 2.75) is 58.3 Å². The molecule has 0 aliphatic carbocycles. The first-order valence-electron chi connectivity index (χ1n) is 10.2. The number of likely N-dealkylation sites (N-methyl/N-ethyl adjacent to an activating group) is 1. The molecular formula is C22H34N2O5. The topological polar surface area (TPSA) is 77.1 Å². The Morgan fingerprint density at radius 3 is 2.62 bits per heavy atom. The van der Waals surface area contributed by atoms with E-state index in [0.29, 0.717) is 25.5 Å². The molecule has 2 atom stereocenters. The number of benzene rings is 1. The van der Waals surface area contributed by atoms with Crippen LogP contribution in [0.3, 0.4) is 0 Å². The lowest BCUT2D eigenvalue weighted by Gasteiger charge is -2.31. The summed E-state index contributed by atoms with van der Waals surface area (Å²) in [5.74, 6) is 0.343. The first-order chi connectivity index (χ1) is 13.7. The normalized spacial score (nSPS) is 17.9. The van der Waals surface area contributed by atoms with Gasteiger partial charge in [-0.15, -0.1) is 0 Å². The fourth-order valence-corrected chi connectivity index (χ4v) is 3.25. The van der Waals surface area contributed by atoms with Crippen LogP contribution in [0, 0.1) is 5.92 Å². The maximum atomic E-state index is 12.3. The molecule has 7 heteroatoms. The third kappa shape index (κ3) is 9.17. The quantitative estimate of drug-likeness (QED) is 0.741. The van der Waals surface area contributed by atoms with E-state index in [1.807, 2.05) is 51.1 Å². The highest BCUT2D eigenvalue weighted by molar-refractivity contribution is 5.69. The SMILES string of the molecule is CN(CC(CC1CCCOC1)NC(=O)OCc1ccccc1)C(=O)OC(C)(C)C. The number of amides is 2. The van der Waals surface area contributed by atoms with Gasteiger partial charge in [0, 0.05) is 26.8 Å². The zero-order valence-corrected chi connectivity index (χ0v) is 18.0. The predicted molar refractivity (Wildman–Crippen MR) is 111 cm³/mol. The molecule has 7 nitrogen and oxygen atoms in total. The summed E-state index contributed by atoms with van der Waals surface area (Å²) in [6.45, 7) is 7.48. The lowest BCUT2D eigenvalue weighted by Crippen LogP contribution is -2.47. The van der Waals surface area contributed by atoms with Crippen LogP contribution in [0.15, 0.2) is 30.3 Å².